The van der Waals surface area contributed by atoms with Crippen LogP contribution in [0.2, 0.25) is 0 Å². The van der Waals surface area contributed by atoms with Crippen molar-refractivity contribution in [2.75, 3.05) is 12.4 Å². The highest BCUT2D eigenvalue weighted by Gasteiger charge is 1.95. The molecule has 0 aliphatic rings. The van der Waals surface area contributed by atoms with Gasteiger partial charge in [-0.1, -0.05) is 0 Å². The van der Waals surface area contributed by atoms with Gasteiger partial charge in [-0.25, -0.2) is 9.97 Å². The lowest BCUT2D eigenvalue weighted by atomic mass is 10.4. The molecule has 0 aliphatic carbocycles. The van der Waals surface area contributed by atoms with E-state index in [1.165, 1.54) is 0 Å². The topological polar surface area (TPSA) is 37.8 Å². The van der Waals surface area contributed by atoms with Crippen LogP contribution in [0.1, 0.15) is 11.5 Å². The van der Waals surface area contributed by atoms with Gasteiger partial charge in [0.25, 0.3) is 0 Å². The molecule has 1 aromatic heterocycles. The zero-order valence-corrected chi connectivity index (χ0v) is 6.47. The second-order valence-electron chi connectivity index (χ2n) is 2.17. The first-order chi connectivity index (χ1) is 4.74. The lowest BCUT2D eigenvalue weighted by molar-refractivity contribution is 1.01. The third-order valence-electron chi connectivity index (χ3n) is 1.37. The third kappa shape index (κ3) is 1.23. The SMILES string of the molecule is CNc1cnc(C)nc1C. The minimum Gasteiger partial charge on any atom is -0.385 e. The average molecular weight is 137 g/mol. The second kappa shape index (κ2) is 2.64. The van der Waals surface area contributed by atoms with E-state index in [1.807, 2.05) is 20.9 Å². The van der Waals surface area contributed by atoms with E-state index < -0.39 is 0 Å². The third-order valence-corrected chi connectivity index (χ3v) is 1.37. The van der Waals surface area contributed by atoms with E-state index in [4.69, 9.17) is 0 Å². The first kappa shape index (κ1) is 6.99. The van der Waals surface area contributed by atoms with E-state index in [-0.39, 0.29) is 0 Å². The van der Waals surface area contributed by atoms with Gasteiger partial charge in [0.2, 0.25) is 0 Å². The minimum absolute atomic E-state index is 0.816. The smallest absolute Gasteiger partial charge is 0.125 e. The van der Waals surface area contributed by atoms with Crippen LogP contribution in [0.5, 0.6) is 0 Å². The Hall–Kier alpha value is -1.12. The number of rotatable bonds is 1. The van der Waals surface area contributed by atoms with Crippen molar-refractivity contribution in [2.45, 2.75) is 13.8 Å². The molecule has 0 unspecified atom stereocenters. The van der Waals surface area contributed by atoms with Gasteiger partial charge in [0, 0.05) is 7.05 Å². The highest BCUT2D eigenvalue weighted by molar-refractivity contribution is 5.44. The van der Waals surface area contributed by atoms with Crippen LogP contribution in [-0.4, -0.2) is 17.0 Å². The predicted molar refractivity (Wildman–Crippen MR) is 41.1 cm³/mol. The Morgan fingerprint density at radius 3 is 2.60 bits per heavy atom. The summed E-state index contributed by atoms with van der Waals surface area (Å²) in [6.45, 7) is 3.84. The molecule has 0 atom stereocenters. The van der Waals surface area contributed by atoms with E-state index in [1.54, 1.807) is 6.20 Å². The molecule has 3 nitrogen and oxygen atoms in total. The Kier molecular flexibility index (Phi) is 1.85. The summed E-state index contributed by atoms with van der Waals surface area (Å²) >= 11 is 0. The highest BCUT2D eigenvalue weighted by Crippen LogP contribution is 2.07. The van der Waals surface area contributed by atoms with Crippen molar-refractivity contribution in [3.63, 3.8) is 0 Å². The maximum atomic E-state index is 4.17. The van der Waals surface area contributed by atoms with Crippen LogP contribution in [0.25, 0.3) is 0 Å². The molecule has 0 saturated heterocycles. The van der Waals surface area contributed by atoms with E-state index in [0.717, 1.165) is 17.2 Å². The number of aromatic nitrogens is 2. The Morgan fingerprint density at radius 2 is 2.10 bits per heavy atom. The fourth-order valence-corrected chi connectivity index (χ4v) is 0.829. The van der Waals surface area contributed by atoms with Gasteiger partial charge in [-0.3, -0.25) is 0 Å². The van der Waals surface area contributed by atoms with E-state index in [2.05, 4.69) is 15.3 Å². The maximum Gasteiger partial charge on any atom is 0.125 e. The van der Waals surface area contributed by atoms with Crippen LogP contribution in [0.3, 0.4) is 0 Å². The molecule has 0 amide bonds. The molecule has 0 radical (unpaired) electrons. The van der Waals surface area contributed by atoms with Crippen LogP contribution >= 0.6 is 0 Å². The van der Waals surface area contributed by atoms with Gasteiger partial charge in [-0.2, -0.15) is 0 Å². The summed E-state index contributed by atoms with van der Waals surface area (Å²) in [5.74, 6) is 0.816. The molecule has 0 spiro atoms. The average Bonchev–Trinajstić information content (AvgIpc) is 1.88. The summed E-state index contributed by atoms with van der Waals surface area (Å²) in [5, 5.41) is 3.00. The van der Waals surface area contributed by atoms with Gasteiger partial charge in [0.05, 0.1) is 17.6 Å². The summed E-state index contributed by atoms with van der Waals surface area (Å²) in [6.07, 6.45) is 1.79. The Labute approximate surface area is 60.5 Å². The largest absolute Gasteiger partial charge is 0.385 e. The lowest BCUT2D eigenvalue weighted by Gasteiger charge is -2.02. The molecule has 1 rings (SSSR count). The fourth-order valence-electron chi connectivity index (χ4n) is 0.829. The summed E-state index contributed by atoms with van der Waals surface area (Å²) in [6, 6.07) is 0. The number of aryl methyl sites for hydroxylation is 2. The zero-order chi connectivity index (χ0) is 7.56. The van der Waals surface area contributed by atoms with Crippen molar-refractivity contribution in [3.05, 3.63) is 17.7 Å². The van der Waals surface area contributed by atoms with Gasteiger partial charge in [0.15, 0.2) is 0 Å². The molecule has 3 heteroatoms. The predicted octanol–water partition coefficient (Wildman–Crippen LogP) is 1.14. The van der Waals surface area contributed by atoms with Crippen molar-refractivity contribution < 1.29 is 0 Å². The molecular weight excluding hydrogens is 126 g/mol. The number of nitrogens with zero attached hydrogens (tertiary/aromatic N) is 2. The molecule has 0 fully saturated rings. The molecule has 10 heavy (non-hydrogen) atoms. The molecule has 0 aliphatic heterocycles. The van der Waals surface area contributed by atoms with Gasteiger partial charge >= 0.3 is 0 Å². The number of nitrogens with one attached hydrogen (secondary N) is 1. The molecule has 1 N–H and O–H groups in total. The van der Waals surface area contributed by atoms with Gasteiger partial charge in [-0.05, 0) is 13.8 Å². The van der Waals surface area contributed by atoms with E-state index >= 15 is 0 Å². The minimum atomic E-state index is 0.816. The van der Waals surface area contributed by atoms with Crippen LogP contribution in [0, 0.1) is 13.8 Å². The van der Waals surface area contributed by atoms with Crippen LogP contribution in [-0.2, 0) is 0 Å². The van der Waals surface area contributed by atoms with Crippen LogP contribution in [0.15, 0.2) is 6.20 Å². The normalized spacial score (nSPS) is 9.50. The monoisotopic (exact) mass is 137 g/mol. The molecule has 54 valence electrons. The quantitative estimate of drug-likeness (QED) is 0.630. The van der Waals surface area contributed by atoms with Crippen molar-refractivity contribution in [2.24, 2.45) is 0 Å². The molecular formula is C7H11N3. The summed E-state index contributed by atoms with van der Waals surface area (Å²) in [5.41, 5.74) is 1.99. The maximum absolute atomic E-state index is 4.17. The first-order valence-corrected chi connectivity index (χ1v) is 3.22. The highest BCUT2D eigenvalue weighted by atomic mass is 14.9. The Bertz CT molecular complexity index is 232. The number of hydrogen-bond donors (Lipinski definition) is 1. The first-order valence-electron chi connectivity index (χ1n) is 3.22. The Balaban J connectivity index is 3.07. The van der Waals surface area contributed by atoms with Crippen LogP contribution < -0.4 is 5.32 Å². The van der Waals surface area contributed by atoms with Crippen LogP contribution in [0.4, 0.5) is 5.69 Å². The number of anilines is 1. The van der Waals surface area contributed by atoms with Gasteiger partial charge < -0.3 is 5.32 Å². The van der Waals surface area contributed by atoms with Gasteiger partial charge in [-0.15, -0.1) is 0 Å². The molecule has 0 aromatic carbocycles. The van der Waals surface area contributed by atoms with Crippen molar-refractivity contribution in [1.29, 1.82) is 0 Å². The summed E-state index contributed by atoms with van der Waals surface area (Å²) in [4.78, 5) is 8.21. The zero-order valence-electron chi connectivity index (χ0n) is 6.47. The van der Waals surface area contributed by atoms with E-state index in [9.17, 15) is 0 Å². The fraction of sp³-hybridized carbons (Fsp3) is 0.429. The summed E-state index contributed by atoms with van der Waals surface area (Å²) < 4.78 is 0. The van der Waals surface area contributed by atoms with Crippen molar-refractivity contribution in [3.8, 4) is 0 Å². The second-order valence-corrected chi connectivity index (χ2v) is 2.17. The van der Waals surface area contributed by atoms with Gasteiger partial charge in [0.1, 0.15) is 5.82 Å². The number of hydrogen-bond acceptors (Lipinski definition) is 3. The molecule has 1 aromatic rings. The lowest BCUT2D eigenvalue weighted by Crippen LogP contribution is -1.97. The standard InChI is InChI=1S/C7H11N3/c1-5-7(8-3)4-9-6(2)10-5/h4,8H,1-3H3. The van der Waals surface area contributed by atoms with E-state index in [0.29, 0.717) is 0 Å². The van der Waals surface area contributed by atoms with Crippen molar-refractivity contribution in [1.82, 2.24) is 9.97 Å². The van der Waals surface area contributed by atoms with Crippen molar-refractivity contribution >= 4 is 5.69 Å². The Morgan fingerprint density at radius 1 is 1.40 bits per heavy atom. The molecule has 0 bridgehead atoms. The molecule has 0 saturated carbocycles. The summed E-state index contributed by atoms with van der Waals surface area (Å²) in [7, 11) is 1.86. The molecule has 1 heterocycles.